The molecule has 106 valence electrons. The van der Waals surface area contributed by atoms with Crippen molar-refractivity contribution in [3.05, 3.63) is 47.3 Å². The summed E-state index contributed by atoms with van der Waals surface area (Å²) in [6.45, 7) is 1.87. The summed E-state index contributed by atoms with van der Waals surface area (Å²) in [6, 6.07) is 7.35. The molecule has 3 unspecified atom stereocenters. The maximum Gasteiger partial charge on any atom is 0.342 e. The van der Waals surface area contributed by atoms with Crippen molar-refractivity contribution in [1.29, 1.82) is 0 Å². The molecule has 0 spiro atoms. The van der Waals surface area contributed by atoms with Crippen LogP contribution in [0.25, 0.3) is 0 Å². The smallest absolute Gasteiger partial charge is 0.342 e. The number of carbonyl (C=O) groups is 1. The molecule has 1 aromatic carbocycles. The number of aliphatic carboxylic acids is 1. The molecule has 1 N–H and O–H groups in total. The monoisotopic (exact) mass is 278 g/mol. The minimum Gasteiger partial charge on any atom is -0.479 e. The van der Waals surface area contributed by atoms with Gasteiger partial charge in [0.05, 0.1) is 5.41 Å². The number of hydrogen-bond acceptors (Lipinski definition) is 1. The Balaban J connectivity index is 2.07. The lowest BCUT2D eigenvalue weighted by molar-refractivity contribution is -0.158. The number of benzene rings is 1. The molecule has 2 nitrogen and oxygen atoms in total. The molecule has 2 aliphatic carbocycles. The molecule has 3 rings (SSSR count). The van der Waals surface area contributed by atoms with Crippen molar-refractivity contribution < 1.29 is 18.7 Å². The minimum atomic E-state index is -2.50. The molecular formula is C16H16F2O2. The van der Waals surface area contributed by atoms with E-state index in [1.807, 2.05) is 31.2 Å². The second-order valence-corrected chi connectivity index (χ2v) is 5.97. The third-order valence-corrected chi connectivity index (χ3v) is 4.84. The first-order chi connectivity index (χ1) is 9.39. The van der Waals surface area contributed by atoms with Gasteiger partial charge in [-0.1, -0.05) is 24.3 Å². The van der Waals surface area contributed by atoms with E-state index in [1.165, 1.54) is 6.08 Å². The topological polar surface area (TPSA) is 37.3 Å². The summed E-state index contributed by atoms with van der Waals surface area (Å²) in [6.07, 6.45) is 1.62. The van der Waals surface area contributed by atoms with Crippen molar-refractivity contribution >= 4 is 5.97 Å². The Hall–Kier alpha value is -1.71. The van der Waals surface area contributed by atoms with Crippen molar-refractivity contribution in [2.24, 2.45) is 11.3 Å². The highest BCUT2D eigenvalue weighted by molar-refractivity contribution is 5.81. The molecule has 3 atom stereocenters. The summed E-state index contributed by atoms with van der Waals surface area (Å²) in [5.74, 6) is -2.45. The maximum absolute atomic E-state index is 15.0. The first-order valence-corrected chi connectivity index (χ1v) is 6.74. The zero-order chi connectivity index (χ0) is 14.5. The maximum atomic E-state index is 15.0. The molecule has 1 aromatic rings. The third-order valence-electron chi connectivity index (χ3n) is 4.84. The van der Waals surface area contributed by atoms with Crippen LogP contribution in [-0.4, -0.2) is 16.7 Å². The third kappa shape index (κ3) is 1.57. The first kappa shape index (κ1) is 13.3. The minimum absolute atomic E-state index is 0.0985. The average Bonchev–Trinajstić information content (AvgIpc) is 2.83. The van der Waals surface area contributed by atoms with Gasteiger partial charge in [0.1, 0.15) is 5.83 Å². The Morgan fingerprint density at radius 2 is 2.10 bits per heavy atom. The number of alkyl halides is 1. The van der Waals surface area contributed by atoms with Crippen LogP contribution in [0.15, 0.2) is 36.2 Å². The van der Waals surface area contributed by atoms with Crippen molar-refractivity contribution in [3.8, 4) is 0 Å². The van der Waals surface area contributed by atoms with E-state index in [9.17, 15) is 18.7 Å². The van der Waals surface area contributed by atoms with Crippen LogP contribution >= 0.6 is 0 Å². The second-order valence-electron chi connectivity index (χ2n) is 5.97. The second kappa shape index (κ2) is 4.14. The predicted molar refractivity (Wildman–Crippen MR) is 70.7 cm³/mol. The standard InChI is InChI=1S/C16H16F2O2/c1-10-4-2-3-5-12(10)9-15-7-11(6-13(15)17)8-16(15,18)14(19)20/h2-6,11H,7-9H2,1H3,(H,19,20). The van der Waals surface area contributed by atoms with Gasteiger partial charge in [-0.3, -0.25) is 0 Å². The number of hydrogen-bond donors (Lipinski definition) is 1. The largest absolute Gasteiger partial charge is 0.479 e. The van der Waals surface area contributed by atoms with Crippen LogP contribution in [0, 0.1) is 18.3 Å². The van der Waals surface area contributed by atoms with Crippen LogP contribution in [0.3, 0.4) is 0 Å². The fourth-order valence-corrected chi connectivity index (χ4v) is 3.73. The Bertz CT molecular complexity index is 610. The molecule has 2 bridgehead atoms. The fourth-order valence-electron chi connectivity index (χ4n) is 3.73. The van der Waals surface area contributed by atoms with E-state index in [0.717, 1.165) is 11.1 Å². The van der Waals surface area contributed by atoms with E-state index in [-0.39, 0.29) is 25.2 Å². The normalized spacial score (nSPS) is 35.1. The van der Waals surface area contributed by atoms with Gasteiger partial charge in [0, 0.05) is 0 Å². The number of aryl methyl sites for hydroxylation is 1. The van der Waals surface area contributed by atoms with Gasteiger partial charge in [-0.15, -0.1) is 0 Å². The summed E-state index contributed by atoms with van der Waals surface area (Å²) in [5, 5.41) is 9.26. The van der Waals surface area contributed by atoms with Gasteiger partial charge in [-0.2, -0.15) is 0 Å². The summed E-state index contributed by atoms with van der Waals surface area (Å²) in [4.78, 5) is 11.4. The molecule has 0 heterocycles. The number of rotatable bonds is 3. The lowest BCUT2D eigenvalue weighted by Crippen LogP contribution is -2.49. The molecule has 0 amide bonds. The van der Waals surface area contributed by atoms with Gasteiger partial charge >= 0.3 is 5.97 Å². The Morgan fingerprint density at radius 3 is 2.70 bits per heavy atom. The quantitative estimate of drug-likeness (QED) is 0.917. The molecular weight excluding hydrogens is 262 g/mol. The molecule has 20 heavy (non-hydrogen) atoms. The van der Waals surface area contributed by atoms with Gasteiger partial charge < -0.3 is 5.11 Å². The molecule has 0 saturated heterocycles. The highest BCUT2D eigenvalue weighted by atomic mass is 19.2. The van der Waals surface area contributed by atoms with E-state index in [1.54, 1.807) is 0 Å². The molecule has 1 fully saturated rings. The molecule has 0 aromatic heterocycles. The van der Waals surface area contributed by atoms with Gasteiger partial charge in [-0.25, -0.2) is 13.6 Å². The van der Waals surface area contributed by atoms with Crippen molar-refractivity contribution in [2.45, 2.75) is 31.9 Å². The number of carboxylic acids is 1. The van der Waals surface area contributed by atoms with Gasteiger partial charge in [0.15, 0.2) is 0 Å². The van der Waals surface area contributed by atoms with Crippen LogP contribution in [0.5, 0.6) is 0 Å². The van der Waals surface area contributed by atoms with Crippen molar-refractivity contribution in [2.75, 3.05) is 0 Å². The zero-order valence-electron chi connectivity index (χ0n) is 11.2. The number of fused-ring (bicyclic) bond motifs is 2. The van der Waals surface area contributed by atoms with E-state index < -0.39 is 22.9 Å². The van der Waals surface area contributed by atoms with E-state index in [0.29, 0.717) is 0 Å². The summed E-state index contributed by atoms with van der Waals surface area (Å²) >= 11 is 0. The van der Waals surface area contributed by atoms with Crippen LogP contribution in [0.1, 0.15) is 24.0 Å². The summed E-state index contributed by atoms with van der Waals surface area (Å²) in [5.41, 5.74) is -2.30. The summed E-state index contributed by atoms with van der Waals surface area (Å²) in [7, 11) is 0. The highest BCUT2D eigenvalue weighted by Gasteiger charge is 2.68. The van der Waals surface area contributed by atoms with Crippen LogP contribution in [0.2, 0.25) is 0 Å². The highest BCUT2D eigenvalue weighted by Crippen LogP contribution is 2.63. The lowest BCUT2D eigenvalue weighted by atomic mass is 9.70. The Labute approximate surface area is 116 Å². The van der Waals surface area contributed by atoms with Gasteiger partial charge in [0.2, 0.25) is 5.67 Å². The van der Waals surface area contributed by atoms with Crippen LogP contribution in [0.4, 0.5) is 8.78 Å². The molecule has 0 aliphatic heterocycles. The van der Waals surface area contributed by atoms with Crippen molar-refractivity contribution in [3.63, 3.8) is 0 Å². The Morgan fingerprint density at radius 1 is 1.40 bits per heavy atom. The molecule has 4 heteroatoms. The fraction of sp³-hybridized carbons (Fsp3) is 0.438. The van der Waals surface area contributed by atoms with Crippen LogP contribution < -0.4 is 0 Å². The lowest BCUT2D eigenvalue weighted by Gasteiger charge is -2.36. The molecule has 1 saturated carbocycles. The Kier molecular flexibility index (Phi) is 2.75. The van der Waals surface area contributed by atoms with E-state index in [2.05, 4.69) is 0 Å². The number of allylic oxidation sites excluding steroid dienone is 2. The van der Waals surface area contributed by atoms with Gasteiger partial charge in [-0.05, 0) is 49.3 Å². The number of carboxylic acid groups (broad SMARTS) is 1. The SMILES string of the molecule is Cc1ccccc1CC12CC(C=C1F)CC2(F)C(=O)O. The first-order valence-electron chi connectivity index (χ1n) is 6.74. The van der Waals surface area contributed by atoms with Gasteiger partial charge in [0.25, 0.3) is 0 Å². The van der Waals surface area contributed by atoms with Crippen molar-refractivity contribution in [1.82, 2.24) is 0 Å². The number of halogens is 2. The zero-order valence-corrected chi connectivity index (χ0v) is 11.2. The predicted octanol–water partition coefficient (Wildman–Crippen LogP) is 3.59. The van der Waals surface area contributed by atoms with E-state index >= 15 is 0 Å². The summed E-state index contributed by atoms with van der Waals surface area (Å²) < 4.78 is 29.3. The average molecular weight is 278 g/mol. The molecule has 0 radical (unpaired) electrons. The molecule has 2 aliphatic rings. The van der Waals surface area contributed by atoms with Crippen LogP contribution in [-0.2, 0) is 11.2 Å². The van der Waals surface area contributed by atoms with E-state index in [4.69, 9.17) is 0 Å².